The van der Waals surface area contributed by atoms with E-state index in [4.69, 9.17) is 4.74 Å². The molecule has 0 radical (unpaired) electrons. The van der Waals surface area contributed by atoms with E-state index in [1.54, 1.807) is 0 Å². The molecule has 0 bridgehead atoms. The standard InChI is InChI=1S/C22H31NO2/c1-4-19(3)23(14-21-13-9-8-10-18(21)2)15-22(24)17-25-16-20-11-6-5-7-12-20/h5-13,19,22,24H,4,14-17H2,1-3H3/t19-,22+/m1/s1. The summed E-state index contributed by atoms with van der Waals surface area (Å²) in [5.74, 6) is 0. The van der Waals surface area contributed by atoms with Gasteiger partial charge in [0.05, 0.1) is 19.3 Å². The van der Waals surface area contributed by atoms with Crippen LogP contribution in [0.25, 0.3) is 0 Å². The Bertz CT molecular complexity index is 614. The molecule has 2 atom stereocenters. The van der Waals surface area contributed by atoms with Crippen LogP contribution in [-0.2, 0) is 17.9 Å². The molecule has 25 heavy (non-hydrogen) atoms. The predicted octanol–water partition coefficient (Wildman–Crippen LogP) is 4.17. The molecule has 0 aliphatic carbocycles. The molecule has 2 aromatic carbocycles. The zero-order valence-corrected chi connectivity index (χ0v) is 15.7. The monoisotopic (exact) mass is 341 g/mol. The molecule has 0 saturated heterocycles. The Morgan fingerprint density at radius 2 is 1.72 bits per heavy atom. The molecule has 0 spiro atoms. The van der Waals surface area contributed by atoms with E-state index in [0.717, 1.165) is 18.5 Å². The van der Waals surface area contributed by atoms with Crippen molar-refractivity contribution in [1.82, 2.24) is 4.90 Å². The average molecular weight is 341 g/mol. The van der Waals surface area contributed by atoms with Crippen LogP contribution in [0.5, 0.6) is 0 Å². The first kappa shape index (κ1) is 19.6. The largest absolute Gasteiger partial charge is 0.389 e. The zero-order valence-electron chi connectivity index (χ0n) is 15.7. The Kier molecular flexibility index (Phi) is 8.13. The summed E-state index contributed by atoms with van der Waals surface area (Å²) in [7, 11) is 0. The molecule has 0 heterocycles. The van der Waals surface area contributed by atoms with Crippen molar-refractivity contribution < 1.29 is 9.84 Å². The van der Waals surface area contributed by atoms with Gasteiger partial charge in [0.1, 0.15) is 0 Å². The molecule has 3 nitrogen and oxygen atoms in total. The highest BCUT2D eigenvalue weighted by Crippen LogP contribution is 2.15. The maximum Gasteiger partial charge on any atom is 0.0900 e. The van der Waals surface area contributed by atoms with E-state index in [2.05, 4.69) is 49.9 Å². The molecule has 3 heteroatoms. The van der Waals surface area contributed by atoms with Crippen molar-refractivity contribution in [2.45, 2.75) is 52.5 Å². The number of hydrogen-bond donors (Lipinski definition) is 1. The summed E-state index contributed by atoms with van der Waals surface area (Å²) in [5, 5.41) is 10.4. The Hall–Kier alpha value is -1.68. The molecule has 1 N–H and O–H groups in total. The maximum atomic E-state index is 10.4. The minimum Gasteiger partial charge on any atom is -0.389 e. The number of hydrogen-bond acceptors (Lipinski definition) is 3. The molecular formula is C22H31NO2. The van der Waals surface area contributed by atoms with E-state index < -0.39 is 6.10 Å². The van der Waals surface area contributed by atoms with E-state index in [9.17, 15) is 5.11 Å². The van der Waals surface area contributed by atoms with Crippen LogP contribution in [0, 0.1) is 6.92 Å². The van der Waals surface area contributed by atoms with Crippen LogP contribution in [0.4, 0.5) is 0 Å². The van der Waals surface area contributed by atoms with E-state index in [1.165, 1.54) is 11.1 Å². The maximum absolute atomic E-state index is 10.4. The molecule has 0 amide bonds. The third-order valence-corrected chi connectivity index (χ3v) is 4.72. The quantitative estimate of drug-likeness (QED) is 0.704. The van der Waals surface area contributed by atoms with Gasteiger partial charge in [0.2, 0.25) is 0 Å². The first-order valence-electron chi connectivity index (χ1n) is 9.18. The van der Waals surface area contributed by atoms with Gasteiger partial charge in [-0.3, -0.25) is 4.90 Å². The van der Waals surface area contributed by atoms with Crippen molar-refractivity contribution in [1.29, 1.82) is 0 Å². The number of nitrogens with zero attached hydrogens (tertiary/aromatic N) is 1. The van der Waals surface area contributed by atoms with Crippen LogP contribution in [0.1, 0.15) is 37.0 Å². The number of aliphatic hydroxyl groups is 1. The summed E-state index contributed by atoms with van der Waals surface area (Å²) < 4.78 is 5.69. The number of aliphatic hydroxyl groups excluding tert-OH is 1. The van der Waals surface area contributed by atoms with Crippen molar-refractivity contribution >= 4 is 0 Å². The third-order valence-electron chi connectivity index (χ3n) is 4.72. The van der Waals surface area contributed by atoms with Crippen molar-refractivity contribution in [3.05, 3.63) is 71.3 Å². The fraction of sp³-hybridized carbons (Fsp3) is 0.455. The molecule has 2 aromatic rings. The summed E-state index contributed by atoms with van der Waals surface area (Å²) in [4.78, 5) is 2.35. The van der Waals surface area contributed by atoms with Crippen molar-refractivity contribution in [2.75, 3.05) is 13.2 Å². The van der Waals surface area contributed by atoms with Crippen LogP contribution in [0.2, 0.25) is 0 Å². The highest BCUT2D eigenvalue weighted by atomic mass is 16.5. The Morgan fingerprint density at radius 1 is 1.04 bits per heavy atom. The molecular weight excluding hydrogens is 310 g/mol. The van der Waals surface area contributed by atoms with E-state index in [0.29, 0.717) is 25.8 Å². The lowest BCUT2D eigenvalue weighted by Gasteiger charge is -2.31. The molecule has 2 rings (SSSR count). The van der Waals surface area contributed by atoms with Gasteiger partial charge in [0.25, 0.3) is 0 Å². The fourth-order valence-electron chi connectivity index (χ4n) is 2.88. The van der Waals surface area contributed by atoms with Gasteiger partial charge in [-0.15, -0.1) is 0 Å². The minimum atomic E-state index is -0.485. The zero-order chi connectivity index (χ0) is 18.1. The van der Waals surface area contributed by atoms with E-state index in [1.807, 2.05) is 30.3 Å². The Balaban J connectivity index is 1.86. The number of rotatable bonds is 10. The smallest absolute Gasteiger partial charge is 0.0900 e. The van der Waals surface area contributed by atoms with E-state index in [-0.39, 0.29) is 0 Å². The third kappa shape index (κ3) is 6.62. The molecule has 0 aliphatic heterocycles. The fourth-order valence-corrected chi connectivity index (χ4v) is 2.88. The van der Waals surface area contributed by atoms with Crippen LogP contribution >= 0.6 is 0 Å². The topological polar surface area (TPSA) is 32.7 Å². The molecule has 0 aliphatic rings. The van der Waals surface area contributed by atoms with Gasteiger partial charge >= 0.3 is 0 Å². The molecule has 0 saturated carbocycles. The Morgan fingerprint density at radius 3 is 2.40 bits per heavy atom. The summed E-state index contributed by atoms with van der Waals surface area (Å²) in [5.41, 5.74) is 3.75. The number of benzene rings is 2. The van der Waals surface area contributed by atoms with Gasteiger partial charge < -0.3 is 9.84 Å². The SMILES string of the molecule is CC[C@@H](C)N(Cc1ccccc1C)C[C@H](O)COCc1ccccc1. The predicted molar refractivity (Wildman–Crippen MR) is 103 cm³/mol. The van der Waals surface area contributed by atoms with Crippen molar-refractivity contribution in [3.63, 3.8) is 0 Å². The van der Waals surface area contributed by atoms with Crippen LogP contribution < -0.4 is 0 Å². The lowest BCUT2D eigenvalue weighted by Crippen LogP contribution is -2.40. The second kappa shape index (κ2) is 10.3. The number of aryl methyl sites for hydroxylation is 1. The second-order valence-corrected chi connectivity index (χ2v) is 6.77. The molecule has 0 unspecified atom stereocenters. The van der Waals surface area contributed by atoms with Gasteiger partial charge in [0, 0.05) is 19.1 Å². The second-order valence-electron chi connectivity index (χ2n) is 6.77. The summed E-state index contributed by atoms with van der Waals surface area (Å²) >= 11 is 0. The van der Waals surface area contributed by atoms with Crippen molar-refractivity contribution in [2.24, 2.45) is 0 Å². The highest BCUT2D eigenvalue weighted by molar-refractivity contribution is 5.25. The first-order chi connectivity index (χ1) is 12.1. The van der Waals surface area contributed by atoms with Gasteiger partial charge in [-0.1, -0.05) is 61.5 Å². The summed E-state index contributed by atoms with van der Waals surface area (Å²) in [6.07, 6.45) is 0.574. The van der Waals surface area contributed by atoms with Crippen molar-refractivity contribution in [3.8, 4) is 0 Å². The summed E-state index contributed by atoms with van der Waals surface area (Å²) in [6, 6.07) is 19.0. The molecule has 0 aromatic heterocycles. The lowest BCUT2D eigenvalue weighted by molar-refractivity contribution is 0.00141. The van der Waals surface area contributed by atoms with Gasteiger partial charge in [0.15, 0.2) is 0 Å². The van der Waals surface area contributed by atoms with Gasteiger partial charge in [-0.25, -0.2) is 0 Å². The molecule has 0 fully saturated rings. The van der Waals surface area contributed by atoms with Crippen LogP contribution in [0.3, 0.4) is 0 Å². The normalized spacial score (nSPS) is 13.8. The first-order valence-corrected chi connectivity index (χ1v) is 9.18. The Labute approximate surface area is 152 Å². The average Bonchev–Trinajstić information content (AvgIpc) is 2.63. The molecule has 136 valence electrons. The summed E-state index contributed by atoms with van der Waals surface area (Å²) in [6.45, 7) is 8.93. The lowest BCUT2D eigenvalue weighted by atomic mass is 10.1. The highest BCUT2D eigenvalue weighted by Gasteiger charge is 2.18. The van der Waals surface area contributed by atoms with Crippen LogP contribution in [0.15, 0.2) is 54.6 Å². The minimum absolute atomic E-state index is 0.357. The van der Waals surface area contributed by atoms with Crippen LogP contribution in [-0.4, -0.2) is 35.3 Å². The number of ether oxygens (including phenoxy) is 1. The van der Waals surface area contributed by atoms with Gasteiger partial charge in [-0.05, 0) is 37.0 Å². The van der Waals surface area contributed by atoms with Gasteiger partial charge in [-0.2, -0.15) is 0 Å². The van der Waals surface area contributed by atoms with E-state index >= 15 is 0 Å².